The van der Waals surface area contributed by atoms with Crippen LogP contribution in [0.3, 0.4) is 0 Å². The van der Waals surface area contributed by atoms with Crippen LogP contribution in [0.15, 0.2) is 36.0 Å². The molecular weight excluding hydrogens is 300 g/mol. The van der Waals surface area contributed by atoms with E-state index in [1.54, 1.807) is 12.1 Å². The summed E-state index contributed by atoms with van der Waals surface area (Å²) >= 11 is 0. The number of carbonyl (C=O) groups excluding carboxylic acids is 1. The molecule has 1 aliphatic heterocycles. The molecule has 1 fully saturated rings. The number of nitro groups is 1. The first kappa shape index (κ1) is 16.5. The van der Waals surface area contributed by atoms with Gasteiger partial charge < -0.3 is 15.4 Å². The molecule has 120 valence electrons. The van der Waals surface area contributed by atoms with E-state index in [4.69, 9.17) is 10.00 Å². The van der Waals surface area contributed by atoms with Crippen LogP contribution in [0, 0.1) is 21.4 Å². The van der Waals surface area contributed by atoms with Crippen LogP contribution in [0.4, 0.5) is 11.4 Å². The van der Waals surface area contributed by atoms with E-state index in [1.165, 1.54) is 24.4 Å². The third kappa shape index (κ3) is 4.79. The third-order valence-corrected chi connectivity index (χ3v) is 3.32. The van der Waals surface area contributed by atoms with Crippen molar-refractivity contribution >= 4 is 17.3 Å². The molecule has 1 aromatic rings. The fraction of sp³-hybridized carbons (Fsp3) is 0.333. The Balaban J connectivity index is 1.95. The normalized spacial score (nSPS) is 17.3. The molecule has 0 saturated carbocycles. The van der Waals surface area contributed by atoms with E-state index in [2.05, 4.69) is 10.6 Å². The molecule has 1 atom stereocenters. The first-order chi connectivity index (χ1) is 11.1. The topological polar surface area (TPSA) is 117 Å². The number of nitrogens with one attached hydrogen (secondary N) is 2. The summed E-state index contributed by atoms with van der Waals surface area (Å²) in [5.41, 5.74) is 0.220. The average molecular weight is 316 g/mol. The van der Waals surface area contributed by atoms with Crippen LogP contribution in [0.2, 0.25) is 0 Å². The highest BCUT2D eigenvalue weighted by Crippen LogP contribution is 2.17. The van der Waals surface area contributed by atoms with E-state index in [9.17, 15) is 14.9 Å². The number of nitro benzene ring substituents is 1. The average Bonchev–Trinajstić information content (AvgIpc) is 3.07. The smallest absolute Gasteiger partial charge is 0.271 e. The molecular formula is C15H16N4O4. The van der Waals surface area contributed by atoms with Crippen molar-refractivity contribution in [2.24, 2.45) is 0 Å². The molecule has 2 rings (SSSR count). The predicted octanol–water partition coefficient (Wildman–Crippen LogP) is 1.71. The van der Waals surface area contributed by atoms with Crippen molar-refractivity contribution in [2.75, 3.05) is 18.5 Å². The maximum atomic E-state index is 11.9. The Bertz CT molecular complexity index is 660. The van der Waals surface area contributed by atoms with E-state index in [0.29, 0.717) is 18.8 Å². The quantitative estimate of drug-likeness (QED) is 0.357. The standard InChI is InChI=1S/C15H16N4O4/c16-8-11(15(20)18-10-14-5-2-6-23-14)9-17-12-3-1-4-13(7-12)19(21)22/h1,3-4,7,9,14,17H,2,5-6,10H2,(H,18,20)/b11-9-. The molecule has 0 radical (unpaired) electrons. The summed E-state index contributed by atoms with van der Waals surface area (Å²) in [7, 11) is 0. The Morgan fingerprint density at radius 3 is 3.04 bits per heavy atom. The summed E-state index contributed by atoms with van der Waals surface area (Å²) < 4.78 is 5.39. The highest BCUT2D eigenvalue weighted by molar-refractivity contribution is 5.97. The second-order valence-electron chi connectivity index (χ2n) is 4.97. The second-order valence-corrected chi connectivity index (χ2v) is 4.97. The molecule has 0 spiro atoms. The van der Waals surface area contributed by atoms with Gasteiger partial charge in [-0.15, -0.1) is 0 Å². The molecule has 0 aromatic heterocycles. The van der Waals surface area contributed by atoms with Gasteiger partial charge in [0, 0.05) is 37.2 Å². The Hall–Kier alpha value is -2.92. The number of non-ortho nitro benzene ring substituents is 1. The number of benzene rings is 1. The monoisotopic (exact) mass is 316 g/mol. The summed E-state index contributed by atoms with van der Waals surface area (Å²) in [4.78, 5) is 22.1. The first-order valence-corrected chi connectivity index (χ1v) is 7.11. The number of anilines is 1. The van der Waals surface area contributed by atoms with E-state index in [-0.39, 0.29) is 17.4 Å². The zero-order valence-corrected chi connectivity index (χ0v) is 12.3. The van der Waals surface area contributed by atoms with Crippen LogP contribution in [0.25, 0.3) is 0 Å². The van der Waals surface area contributed by atoms with Crippen molar-refractivity contribution < 1.29 is 14.5 Å². The number of hydrogen-bond acceptors (Lipinski definition) is 6. The first-order valence-electron chi connectivity index (χ1n) is 7.11. The minimum absolute atomic E-state index is 0.0105. The SMILES string of the molecule is N#C/C(=C/Nc1cccc([N+](=O)[O-])c1)C(=O)NCC1CCCO1. The fourth-order valence-corrected chi connectivity index (χ4v) is 2.12. The zero-order valence-electron chi connectivity index (χ0n) is 12.3. The summed E-state index contributed by atoms with van der Waals surface area (Å²) in [6.45, 7) is 1.05. The minimum atomic E-state index is -0.519. The van der Waals surface area contributed by atoms with Crippen molar-refractivity contribution in [1.29, 1.82) is 5.26 Å². The van der Waals surface area contributed by atoms with Gasteiger partial charge in [0.25, 0.3) is 11.6 Å². The van der Waals surface area contributed by atoms with Crippen molar-refractivity contribution in [3.8, 4) is 6.07 Å². The highest BCUT2D eigenvalue weighted by atomic mass is 16.6. The number of ether oxygens (including phenoxy) is 1. The van der Waals surface area contributed by atoms with Gasteiger partial charge in [0.1, 0.15) is 11.6 Å². The molecule has 2 N–H and O–H groups in total. The number of hydrogen-bond donors (Lipinski definition) is 2. The molecule has 1 amide bonds. The van der Waals surface area contributed by atoms with Crippen LogP contribution >= 0.6 is 0 Å². The lowest BCUT2D eigenvalue weighted by atomic mass is 10.2. The van der Waals surface area contributed by atoms with E-state index in [0.717, 1.165) is 12.8 Å². The summed E-state index contributed by atoms with van der Waals surface area (Å²) in [6.07, 6.45) is 3.07. The van der Waals surface area contributed by atoms with E-state index >= 15 is 0 Å². The maximum absolute atomic E-state index is 11.9. The largest absolute Gasteiger partial charge is 0.376 e. The van der Waals surface area contributed by atoms with Gasteiger partial charge in [-0.1, -0.05) is 6.07 Å². The number of carbonyl (C=O) groups is 1. The number of nitriles is 1. The van der Waals surface area contributed by atoms with E-state index < -0.39 is 10.8 Å². The van der Waals surface area contributed by atoms with Gasteiger partial charge in [0.2, 0.25) is 0 Å². The second kappa shape index (κ2) is 7.91. The lowest BCUT2D eigenvalue weighted by Gasteiger charge is -2.10. The summed E-state index contributed by atoms with van der Waals surface area (Å²) in [5, 5.41) is 25.1. The number of nitrogens with zero attached hydrogens (tertiary/aromatic N) is 2. The lowest BCUT2D eigenvalue weighted by molar-refractivity contribution is -0.384. The maximum Gasteiger partial charge on any atom is 0.271 e. The molecule has 1 heterocycles. The molecule has 1 aliphatic rings. The molecule has 8 heteroatoms. The summed E-state index contributed by atoms with van der Waals surface area (Å²) in [5.74, 6) is -0.513. The zero-order chi connectivity index (χ0) is 16.7. The van der Waals surface area contributed by atoms with Crippen molar-refractivity contribution in [1.82, 2.24) is 5.32 Å². The number of rotatable bonds is 6. The van der Waals surface area contributed by atoms with Crippen LogP contribution in [-0.2, 0) is 9.53 Å². The molecule has 23 heavy (non-hydrogen) atoms. The Morgan fingerprint density at radius 2 is 2.39 bits per heavy atom. The Labute approximate surface area is 132 Å². The van der Waals surface area contributed by atoms with Gasteiger partial charge >= 0.3 is 0 Å². The Kier molecular flexibility index (Phi) is 5.66. The predicted molar refractivity (Wildman–Crippen MR) is 82.4 cm³/mol. The van der Waals surface area contributed by atoms with Crippen LogP contribution in [0.5, 0.6) is 0 Å². The van der Waals surface area contributed by atoms with Crippen molar-refractivity contribution in [2.45, 2.75) is 18.9 Å². The van der Waals surface area contributed by atoms with Crippen LogP contribution in [-0.4, -0.2) is 30.1 Å². The Morgan fingerprint density at radius 1 is 1.57 bits per heavy atom. The van der Waals surface area contributed by atoms with Crippen LogP contribution < -0.4 is 10.6 Å². The van der Waals surface area contributed by atoms with Gasteiger partial charge in [-0.25, -0.2) is 0 Å². The third-order valence-electron chi connectivity index (χ3n) is 3.32. The van der Waals surface area contributed by atoms with Gasteiger partial charge in [-0.05, 0) is 18.9 Å². The molecule has 1 unspecified atom stereocenters. The highest BCUT2D eigenvalue weighted by Gasteiger charge is 2.17. The van der Waals surface area contributed by atoms with Gasteiger partial charge in [0.05, 0.1) is 11.0 Å². The molecule has 1 aromatic carbocycles. The van der Waals surface area contributed by atoms with Gasteiger partial charge in [0.15, 0.2) is 0 Å². The molecule has 0 aliphatic carbocycles. The summed E-state index contributed by atoms with van der Waals surface area (Å²) in [6, 6.07) is 7.58. The van der Waals surface area contributed by atoms with Crippen molar-refractivity contribution in [3.63, 3.8) is 0 Å². The van der Waals surface area contributed by atoms with Gasteiger partial charge in [-0.2, -0.15) is 5.26 Å². The number of amides is 1. The minimum Gasteiger partial charge on any atom is -0.376 e. The fourth-order valence-electron chi connectivity index (χ4n) is 2.12. The van der Waals surface area contributed by atoms with Crippen LogP contribution in [0.1, 0.15) is 12.8 Å². The molecule has 8 nitrogen and oxygen atoms in total. The van der Waals surface area contributed by atoms with E-state index in [1.807, 2.05) is 0 Å². The molecule has 0 bridgehead atoms. The van der Waals surface area contributed by atoms with Gasteiger partial charge in [-0.3, -0.25) is 14.9 Å². The van der Waals surface area contributed by atoms with Crippen molar-refractivity contribution in [3.05, 3.63) is 46.2 Å². The lowest BCUT2D eigenvalue weighted by Crippen LogP contribution is -2.32. The molecule has 1 saturated heterocycles.